The monoisotopic (exact) mass is 222 g/mol. The molecule has 0 amide bonds. The Morgan fingerprint density at radius 3 is 2.12 bits per heavy atom. The summed E-state index contributed by atoms with van der Waals surface area (Å²) in [4.78, 5) is 0. The van der Waals surface area contributed by atoms with Crippen molar-refractivity contribution in [2.45, 2.75) is 0 Å². The van der Waals surface area contributed by atoms with Crippen molar-refractivity contribution >= 4 is 17.6 Å². The molecule has 17 heavy (non-hydrogen) atoms. The van der Waals surface area contributed by atoms with Crippen molar-refractivity contribution in [1.29, 1.82) is 5.41 Å². The predicted octanol–water partition coefficient (Wildman–Crippen LogP) is 3.79. The first-order valence-corrected chi connectivity index (χ1v) is 5.48. The van der Waals surface area contributed by atoms with E-state index in [1.165, 1.54) is 0 Å². The molecule has 0 aliphatic heterocycles. The summed E-state index contributed by atoms with van der Waals surface area (Å²) in [5, 5.41) is 10.8. The summed E-state index contributed by atoms with van der Waals surface area (Å²) in [5.41, 5.74) is 2.02. The number of hydrogen-bond acceptors (Lipinski definition) is 1. The van der Waals surface area contributed by atoms with Gasteiger partial charge >= 0.3 is 0 Å². The predicted molar refractivity (Wildman–Crippen MR) is 73.3 cm³/mol. The van der Waals surface area contributed by atoms with Gasteiger partial charge in [0.1, 0.15) is 5.84 Å². The van der Waals surface area contributed by atoms with Crippen LogP contribution in [-0.4, -0.2) is 5.84 Å². The van der Waals surface area contributed by atoms with Gasteiger partial charge in [0.2, 0.25) is 0 Å². The zero-order valence-electron chi connectivity index (χ0n) is 9.43. The van der Waals surface area contributed by atoms with Crippen LogP contribution < -0.4 is 5.32 Å². The van der Waals surface area contributed by atoms with Crippen molar-refractivity contribution in [1.82, 2.24) is 0 Å². The molecule has 84 valence electrons. The molecule has 0 atom stereocenters. The summed E-state index contributed by atoms with van der Waals surface area (Å²) in [5.74, 6) is 0.375. The van der Waals surface area contributed by atoms with Gasteiger partial charge in [0.15, 0.2) is 0 Å². The first-order valence-electron chi connectivity index (χ1n) is 5.48. The molecule has 2 rings (SSSR count). The van der Waals surface area contributed by atoms with Gasteiger partial charge in [0, 0.05) is 5.69 Å². The Bertz CT molecular complexity index is 501. The van der Waals surface area contributed by atoms with E-state index in [4.69, 9.17) is 5.41 Å². The van der Waals surface area contributed by atoms with Gasteiger partial charge in [0.05, 0.1) is 0 Å². The van der Waals surface area contributed by atoms with Crippen LogP contribution in [0.2, 0.25) is 0 Å². The number of para-hydroxylation sites is 1. The molecule has 2 N–H and O–H groups in total. The average Bonchev–Trinajstić information content (AvgIpc) is 2.39. The van der Waals surface area contributed by atoms with Gasteiger partial charge in [-0.25, -0.2) is 0 Å². The summed E-state index contributed by atoms with van der Waals surface area (Å²) in [6.07, 6.45) is 3.67. The lowest BCUT2D eigenvalue weighted by Gasteiger charge is -2.03. The van der Waals surface area contributed by atoms with Crippen LogP contribution in [-0.2, 0) is 0 Å². The van der Waals surface area contributed by atoms with Crippen molar-refractivity contribution in [3.8, 4) is 0 Å². The molecule has 2 heteroatoms. The van der Waals surface area contributed by atoms with Gasteiger partial charge in [0.25, 0.3) is 0 Å². The molecule has 0 aliphatic carbocycles. The van der Waals surface area contributed by atoms with E-state index in [2.05, 4.69) is 5.32 Å². The second kappa shape index (κ2) is 5.66. The van der Waals surface area contributed by atoms with Crippen LogP contribution >= 0.6 is 0 Å². The number of nitrogens with one attached hydrogen (secondary N) is 2. The number of hydrogen-bond donors (Lipinski definition) is 2. The highest BCUT2D eigenvalue weighted by molar-refractivity contribution is 6.03. The molecular formula is C15H14N2. The van der Waals surface area contributed by atoms with Gasteiger partial charge < -0.3 is 5.32 Å². The second-order valence-electron chi connectivity index (χ2n) is 3.65. The van der Waals surface area contributed by atoms with Gasteiger partial charge in [-0.2, -0.15) is 0 Å². The molecule has 0 aliphatic rings. The quantitative estimate of drug-likeness (QED) is 0.601. The third-order valence-corrected chi connectivity index (χ3v) is 2.29. The summed E-state index contributed by atoms with van der Waals surface area (Å²) in [6.45, 7) is 0. The van der Waals surface area contributed by atoms with E-state index in [-0.39, 0.29) is 0 Å². The molecule has 0 saturated carbocycles. The van der Waals surface area contributed by atoms with Crippen molar-refractivity contribution < 1.29 is 0 Å². The Morgan fingerprint density at radius 1 is 0.882 bits per heavy atom. The fourth-order valence-corrected chi connectivity index (χ4v) is 1.46. The van der Waals surface area contributed by atoms with Crippen LogP contribution in [0.1, 0.15) is 5.56 Å². The molecular weight excluding hydrogens is 208 g/mol. The van der Waals surface area contributed by atoms with Gasteiger partial charge in [-0.3, -0.25) is 5.41 Å². The van der Waals surface area contributed by atoms with Crippen molar-refractivity contribution in [2.24, 2.45) is 0 Å². The van der Waals surface area contributed by atoms with Crippen LogP contribution in [0.4, 0.5) is 5.69 Å². The average molecular weight is 222 g/mol. The molecule has 0 spiro atoms. The summed E-state index contributed by atoms with van der Waals surface area (Å²) in [7, 11) is 0. The zero-order chi connectivity index (χ0) is 11.9. The fraction of sp³-hybridized carbons (Fsp3) is 0. The maximum Gasteiger partial charge on any atom is 0.122 e. The molecule has 0 fully saturated rings. The molecule has 2 nitrogen and oxygen atoms in total. The van der Waals surface area contributed by atoms with Gasteiger partial charge in [-0.1, -0.05) is 54.6 Å². The van der Waals surface area contributed by atoms with Crippen LogP contribution in [0.25, 0.3) is 6.08 Å². The summed E-state index contributed by atoms with van der Waals surface area (Å²) >= 11 is 0. The van der Waals surface area contributed by atoms with E-state index in [1.54, 1.807) is 6.08 Å². The first-order chi connectivity index (χ1) is 8.34. The van der Waals surface area contributed by atoms with E-state index in [0.717, 1.165) is 11.3 Å². The van der Waals surface area contributed by atoms with Gasteiger partial charge in [-0.15, -0.1) is 0 Å². The zero-order valence-corrected chi connectivity index (χ0v) is 9.43. The van der Waals surface area contributed by atoms with E-state index in [1.807, 2.05) is 66.7 Å². The Kier molecular flexibility index (Phi) is 3.71. The SMILES string of the molecule is N=C(/C=C\c1ccccc1)Nc1ccccc1. The lowest BCUT2D eigenvalue weighted by Crippen LogP contribution is -2.06. The second-order valence-corrected chi connectivity index (χ2v) is 3.65. The van der Waals surface area contributed by atoms with Crippen molar-refractivity contribution in [3.63, 3.8) is 0 Å². The standard InChI is InChI=1S/C15H14N2/c16-15(17-14-9-5-2-6-10-14)12-11-13-7-3-1-4-8-13/h1-12H,(H2,16,17)/b12-11-. The molecule has 0 heterocycles. The van der Waals surface area contributed by atoms with Crippen molar-refractivity contribution in [2.75, 3.05) is 5.32 Å². The number of anilines is 1. The van der Waals surface area contributed by atoms with E-state index >= 15 is 0 Å². The van der Waals surface area contributed by atoms with E-state index in [9.17, 15) is 0 Å². The largest absolute Gasteiger partial charge is 0.341 e. The highest BCUT2D eigenvalue weighted by Crippen LogP contribution is 2.06. The van der Waals surface area contributed by atoms with Crippen LogP contribution in [0.15, 0.2) is 66.7 Å². The molecule has 0 radical (unpaired) electrons. The summed E-state index contributed by atoms with van der Waals surface area (Å²) < 4.78 is 0. The smallest absolute Gasteiger partial charge is 0.122 e. The lowest BCUT2D eigenvalue weighted by atomic mass is 10.2. The topological polar surface area (TPSA) is 35.9 Å². The number of benzene rings is 2. The molecule has 2 aromatic carbocycles. The highest BCUT2D eigenvalue weighted by atomic mass is 14.9. The Labute approximate surface area is 101 Å². The molecule has 0 bridgehead atoms. The maximum absolute atomic E-state index is 7.78. The molecule has 0 saturated heterocycles. The van der Waals surface area contributed by atoms with Crippen LogP contribution in [0.3, 0.4) is 0 Å². The van der Waals surface area contributed by atoms with E-state index in [0.29, 0.717) is 5.84 Å². The third kappa shape index (κ3) is 3.61. The number of amidine groups is 1. The van der Waals surface area contributed by atoms with Crippen LogP contribution in [0, 0.1) is 5.41 Å². The van der Waals surface area contributed by atoms with Crippen LogP contribution in [0.5, 0.6) is 0 Å². The maximum atomic E-state index is 7.78. The molecule has 0 unspecified atom stereocenters. The first kappa shape index (κ1) is 11.1. The van der Waals surface area contributed by atoms with E-state index < -0.39 is 0 Å². The Balaban J connectivity index is 1.96. The number of rotatable bonds is 3. The van der Waals surface area contributed by atoms with Crippen molar-refractivity contribution in [3.05, 3.63) is 72.3 Å². The molecule has 2 aromatic rings. The third-order valence-electron chi connectivity index (χ3n) is 2.29. The minimum Gasteiger partial charge on any atom is -0.341 e. The normalized spacial score (nSPS) is 10.4. The Morgan fingerprint density at radius 2 is 1.47 bits per heavy atom. The fourth-order valence-electron chi connectivity index (χ4n) is 1.46. The van der Waals surface area contributed by atoms with Gasteiger partial charge in [-0.05, 0) is 23.8 Å². The Hall–Kier alpha value is -2.35. The minimum absolute atomic E-state index is 0.375. The summed E-state index contributed by atoms with van der Waals surface area (Å²) in [6, 6.07) is 19.7. The highest BCUT2D eigenvalue weighted by Gasteiger charge is 1.92. The lowest BCUT2D eigenvalue weighted by molar-refractivity contribution is 1.48. The minimum atomic E-state index is 0.375. The molecule has 0 aromatic heterocycles.